The van der Waals surface area contributed by atoms with Gasteiger partial charge in [0.15, 0.2) is 12.4 Å². The van der Waals surface area contributed by atoms with Crippen LogP contribution in [0.4, 0.5) is 4.79 Å². The maximum Gasteiger partial charge on any atom is 0.414 e. The van der Waals surface area contributed by atoms with E-state index in [4.69, 9.17) is 9.73 Å². The minimum atomic E-state index is -0.827. The number of rotatable bonds is 14. The molecule has 2 aromatic heterocycles. The Hall–Kier alpha value is -5.45. The second kappa shape index (κ2) is 16.8. The number of carbonyl (C=O) groups is 3. The maximum absolute atomic E-state index is 12.9. The number of aromatic amines is 1. The number of aryl methyl sites for hydroxylation is 2. The average Bonchev–Trinajstić information content (AvgIpc) is 3.46. The Bertz CT molecular complexity index is 1860. The molecule has 0 saturated heterocycles. The van der Waals surface area contributed by atoms with Crippen LogP contribution in [-0.2, 0) is 30.9 Å². The van der Waals surface area contributed by atoms with E-state index in [-0.39, 0.29) is 23.9 Å². The Kier molecular flexibility index (Phi) is 12.5. The monoisotopic (exact) mass is 681 g/mol. The summed E-state index contributed by atoms with van der Waals surface area (Å²) in [4.78, 5) is 49.9. The van der Waals surface area contributed by atoms with Gasteiger partial charge in [0.05, 0.1) is 0 Å². The zero-order valence-electron chi connectivity index (χ0n) is 29.9. The van der Waals surface area contributed by atoms with Crippen molar-refractivity contribution in [1.82, 2.24) is 20.2 Å². The Labute approximate surface area is 293 Å². The number of aldehydes is 1. The first-order chi connectivity index (χ1) is 23.8. The molecule has 0 radical (unpaired) electrons. The van der Waals surface area contributed by atoms with Crippen molar-refractivity contribution in [2.75, 3.05) is 26.7 Å². The first-order valence-electron chi connectivity index (χ1n) is 16.6. The quantitative estimate of drug-likeness (QED) is 0.0556. The number of guanidine groups is 1. The number of amides is 1. The first-order valence-corrected chi connectivity index (χ1v) is 16.6. The number of allylic oxidation sites excluding steroid dienone is 1. The number of fused-ring (bicyclic) bond motifs is 1. The Morgan fingerprint density at radius 2 is 1.80 bits per heavy atom. The molecule has 0 aliphatic carbocycles. The van der Waals surface area contributed by atoms with Crippen LogP contribution in [0.5, 0.6) is 0 Å². The van der Waals surface area contributed by atoms with E-state index in [9.17, 15) is 19.5 Å². The predicted octanol–water partition coefficient (Wildman–Crippen LogP) is 7.04. The molecular formula is C39H47N5O6. The highest BCUT2D eigenvalue weighted by Gasteiger charge is 2.22. The van der Waals surface area contributed by atoms with Crippen LogP contribution >= 0.6 is 0 Å². The van der Waals surface area contributed by atoms with Crippen molar-refractivity contribution in [2.24, 2.45) is 4.99 Å². The summed E-state index contributed by atoms with van der Waals surface area (Å²) >= 11 is 0. The van der Waals surface area contributed by atoms with Crippen LogP contribution in [0.2, 0.25) is 0 Å². The van der Waals surface area contributed by atoms with Crippen LogP contribution in [0.1, 0.15) is 67.9 Å². The smallest absolute Gasteiger partial charge is 0.414 e. The van der Waals surface area contributed by atoms with Crippen molar-refractivity contribution in [3.63, 3.8) is 0 Å². The lowest BCUT2D eigenvalue weighted by atomic mass is 9.85. The lowest BCUT2D eigenvalue weighted by Crippen LogP contribution is -2.43. The molecule has 0 spiro atoms. The minimum Gasteiger partial charge on any atom is -0.506 e. The number of aliphatic imine (C=N–C) groups is 1. The molecule has 1 atom stereocenters. The largest absolute Gasteiger partial charge is 0.506 e. The third-order valence-electron chi connectivity index (χ3n) is 8.80. The normalized spacial score (nSPS) is 13.0. The predicted molar refractivity (Wildman–Crippen MR) is 195 cm³/mol. The van der Waals surface area contributed by atoms with E-state index >= 15 is 0 Å². The van der Waals surface area contributed by atoms with Crippen LogP contribution in [0.3, 0.4) is 0 Å². The summed E-state index contributed by atoms with van der Waals surface area (Å²) < 4.78 is 9.84. The Morgan fingerprint density at radius 1 is 1.10 bits per heavy atom. The standard InChI is InChI=1S/C39H47N5O6/c1-25-18-26(2)20-30(19-25)36-32(33-21-31(39(5,6)23-45)8-9-34(33)42-36)12-16-41-37(43-38(48)49-22-35(47)28(4)50-24-46)44(7)17-13-27(3)29-10-14-40-15-11-29/h8-11,14-15,18-21,23-24,27,42,47H,12-13,16-17,22H2,1-7H3,(H,41,43,48)/b35-28-. The molecule has 0 aliphatic rings. The molecule has 2 aromatic carbocycles. The van der Waals surface area contributed by atoms with Crippen molar-refractivity contribution in [2.45, 2.75) is 65.7 Å². The SMILES string of the molecule is C/C(OC=O)=C(/O)COC(=O)NC(=NCCc1c(-c2cc(C)cc(C)c2)[nH]c2ccc(C(C)(C)C=O)cc12)N(C)CCC(C)c1ccncc1. The van der Waals surface area contributed by atoms with Crippen molar-refractivity contribution in [3.05, 3.63) is 100 Å². The molecule has 4 rings (SSSR count). The van der Waals surface area contributed by atoms with Crippen LogP contribution in [0.25, 0.3) is 22.2 Å². The number of nitrogens with one attached hydrogen (secondary N) is 2. The van der Waals surface area contributed by atoms with Crippen molar-refractivity contribution < 1.29 is 29.0 Å². The van der Waals surface area contributed by atoms with E-state index in [0.29, 0.717) is 25.5 Å². The van der Waals surface area contributed by atoms with Gasteiger partial charge in [0, 0.05) is 54.5 Å². The number of aliphatic hydroxyl groups is 1. The lowest BCUT2D eigenvalue weighted by molar-refractivity contribution is -0.125. The molecule has 3 N–H and O–H groups in total. The number of hydrogen-bond acceptors (Lipinski definition) is 8. The zero-order valence-corrected chi connectivity index (χ0v) is 29.9. The van der Waals surface area contributed by atoms with Gasteiger partial charge < -0.3 is 29.3 Å². The van der Waals surface area contributed by atoms with Crippen LogP contribution in [-0.4, -0.2) is 71.5 Å². The van der Waals surface area contributed by atoms with E-state index in [1.807, 2.05) is 50.1 Å². The number of pyridine rings is 1. The first kappa shape index (κ1) is 37.4. The van der Waals surface area contributed by atoms with Crippen molar-refractivity contribution >= 4 is 35.7 Å². The molecule has 2 heterocycles. The number of ether oxygens (including phenoxy) is 2. The summed E-state index contributed by atoms with van der Waals surface area (Å²) in [7, 11) is 1.85. The second-order valence-electron chi connectivity index (χ2n) is 13.2. The van der Waals surface area contributed by atoms with Crippen LogP contribution in [0.15, 0.2) is 77.4 Å². The number of benzene rings is 2. The van der Waals surface area contributed by atoms with Gasteiger partial charge in [-0.1, -0.05) is 30.2 Å². The van der Waals surface area contributed by atoms with Crippen LogP contribution < -0.4 is 5.32 Å². The third kappa shape index (κ3) is 9.58. The number of carbonyl (C=O) groups excluding carboxylic acids is 3. The van der Waals surface area contributed by atoms with Gasteiger partial charge in [-0.05, 0) is 112 Å². The number of aliphatic hydroxyl groups excluding tert-OH is 1. The molecule has 264 valence electrons. The Balaban J connectivity index is 1.65. The molecule has 0 aliphatic heterocycles. The maximum atomic E-state index is 12.9. The summed E-state index contributed by atoms with van der Waals surface area (Å²) in [5, 5.41) is 13.8. The molecule has 4 aromatic rings. The molecule has 0 fully saturated rings. The van der Waals surface area contributed by atoms with Gasteiger partial charge in [0.25, 0.3) is 6.47 Å². The molecule has 50 heavy (non-hydrogen) atoms. The zero-order chi connectivity index (χ0) is 36.4. The minimum absolute atomic E-state index is 0.0677. The number of hydrogen-bond donors (Lipinski definition) is 3. The highest BCUT2D eigenvalue weighted by molar-refractivity contribution is 5.94. The van der Waals surface area contributed by atoms with Gasteiger partial charge in [-0.25, -0.2) is 4.79 Å². The number of H-pyrrole nitrogens is 1. The molecule has 0 bridgehead atoms. The molecular weight excluding hydrogens is 634 g/mol. The number of nitrogens with zero attached hydrogens (tertiary/aromatic N) is 3. The molecule has 11 nitrogen and oxygen atoms in total. The molecule has 1 unspecified atom stereocenters. The van der Waals surface area contributed by atoms with E-state index < -0.39 is 18.1 Å². The van der Waals surface area contributed by atoms with Crippen molar-refractivity contribution in [1.29, 1.82) is 0 Å². The number of aromatic nitrogens is 2. The van der Waals surface area contributed by atoms with E-state index in [1.54, 1.807) is 12.4 Å². The summed E-state index contributed by atoms with van der Waals surface area (Å²) in [6.45, 7) is 12.0. The third-order valence-corrected chi connectivity index (χ3v) is 8.80. The van der Waals surface area contributed by atoms with E-state index in [1.165, 1.54) is 6.92 Å². The molecule has 0 saturated carbocycles. The van der Waals surface area contributed by atoms with Gasteiger partial charge in [0.2, 0.25) is 5.96 Å². The van der Waals surface area contributed by atoms with Crippen molar-refractivity contribution in [3.8, 4) is 11.3 Å². The second-order valence-corrected chi connectivity index (χ2v) is 13.2. The fourth-order valence-electron chi connectivity index (χ4n) is 5.73. The van der Waals surface area contributed by atoms with Gasteiger partial charge in [-0.3, -0.25) is 20.1 Å². The topological polar surface area (TPSA) is 146 Å². The highest BCUT2D eigenvalue weighted by Crippen LogP contribution is 2.34. The molecule has 11 heteroatoms. The van der Waals surface area contributed by atoms with Gasteiger partial charge >= 0.3 is 6.09 Å². The fraction of sp³-hybridized carbons (Fsp3) is 0.359. The van der Waals surface area contributed by atoms with Gasteiger partial charge in [-0.2, -0.15) is 0 Å². The highest BCUT2D eigenvalue weighted by atomic mass is 16.6. The summed E-state index contributed by atoms with van der Waals surface area (Å²) in [5.41, 5.74) is 7.74. The van der Waals surface area contributed by atoms with E-state index in [0.717, 1.165) is 62.7 Å². The summed E-state index contributed by atoms with van der Waals surface area (Å²) in [6, 6.07) is 16.5. The Morgan fingerprint density at radius 3 is 2.46 bits per heavy atom. The fourth-order valence-corrected chi connectivity index (χ4v) is 5.73. The number of alkyl carbamates (subject to hydrolysis) is 1. The summed E-state index contributed by atoms with van der Waals surface area (Å²) in [6.07, 6.45) is 4.98. The average molecular weight is 682 g/mol. The summed E-state index contributed by atoms with van der Waals surface area (Å²) in [5.74, 6) is 0.0762. The molecule has 1 amide bonds. The van der Waals surface area contributed by atoms with Gasteiger partial charge in [0.1, 0.15) is 12.0 Å². The lowest BCUT2D eigenvalue weighted by Gasteiger charge is -2.23. The van der Waals surface area contributed by atoms with Gasteiger partial charge in [-0.15, -0.1) is 0 Å². The van der Waals surface area contributed by atoms with Crippen LogP contribution in [0, 0.1) is 13.8 Å². The van der Waals surface area contributed by atoms with E-state index in [2.05, 4.69) is 65.1 Å².